The largest absolute Gasteiger partial charge is 0.505 e. The summed E-state index contributed by atoms with van der Waals surface area (Å²) >= 11 is 11.5. The predicted molar refractivity (Wildman–Crippen MR) is 97.0 cm³/mol. The van der Waals surface area contributed by atoms with E-state index in [1.54, 1.807) is 0 Å². The Morgan fingerprint density at radius 1 is 1.08 bits per heavy atom. The van der Waals surface area contributed by atoms with E-state index >= 15 is 0 Å². The van der Waals surface area contributed by atoms with Gasteiger partial charge in [-0.25, -0.2) is 5.43 Å². The molecule has 2 rings (SSSR count). The van der Waals surface area contributed by atoms with Crippen LogP contribution in [0.5, 0.6) is 5.75 Å². The smallest absolute Gasteiger partial charge is 0.329 e. The van der Waals surface area contributed by atoms with Crippen LogP contribution in [0.4, 0.5) is 0 Å². The number of nitrogens with one attached hydrogen (secondary N) is 2. The van der Waals surface area contributed by atoms with Crippen molar-refractivity contribution in [1.29, 1.82) is 0 Å². The maximum atomic E-state index is 11.7. The van der Waals surface area contributed by atoms with Gasteiger partial charge < -0.3 is 10.4 Å². The lowest BCUT2D eigenvalue weighted by Crippen LogP contribution is -2.38. The maximum absolute atomic E-state index is 11.7. The first-order valence-electron chi connectivity index (χ1n) is 7.30. The van der Waals surface area contributed by atoms with Crippen molar-refractivity contribution in [2.45, 2.75) is 6.42 Å². The SMILES string of the molecule is O=C(NCCc1ccccc1)C(=O)N/N=C/c1cc(Cl)c(O)c(Cl)c1. The van der Waals surface area contributed by atoms with E-state index in [1.807, 2.05) is 30.3 Å². The average molecular weight is 380 g/mol. The highest BCUT2D eigenvalue weighted by molar-refractivity contribution is 6.37. The van der Waals surface area contributed by atoms with Crippen LogP contribution in [0.3, 0.4) is 0 Å². The molecule has 0 aliphatic rings. The third-order valence-corrected chi connectivity index (χ3v) is 3.74. The van der Waals surface area contributed by atoms with Crippen LogP contribution in [0.25, 0.3) is 0 Å². The Labute approximate surface area is 154 Å². The summed E-state index contributed by atoms with van der Waals surface area (Å²) in [4.78, 5) is 23.3. The second-order valence-corrected chi connectivity index (χ2v) is 5.84. The van der Waals surface area contributed by atoms with E-state index in [4.69, 9.17) is 23.2 Å². The van der Waals surface area contributed by atoms with Gasteiger partial charge in [0, 0.05) is 6.54 Å². The van der Waals surface area contributed by atoms with E-state index in [0.717, 1.165) is 5.56 Å². The van der Waals surface area contributed by atoms with Crippen LogP contribution in [0.2, 0.25) is 10.0 Å². The van der Waals surface area contributed by atoms with Crippen molar-refractivity contribution in [2.75, 3.05) is 6.54 Å². The number of hydrogen-bond acceptors (Lipinski definition) is 4. The molecule has 0 unspecified atom stereocenters. The van der Waals surface area contributed by atoms with Crippen LogP contribution in [-0.2, 0) is 16.0 Å². The van der Waals surface area contributed by atoms with Gasteiger partial charge in [-0.2, -0.15) is 5.10 Å². The lowest BCUT2D eigenvalue weighted by atomic mass is 10.1. The molecule has 25 heavy (non-hydrogen) atoms. The lowest BCUT2D eigenvalue weighted by Gasteiger charge is -2.04. The molecular formula is C17H15Cl2N3O3. The number of phenolic OH excluding ortho intramolecular Hbond substituents is 1. The molecule has 0 aliphatic heterocycles. The normalized spacial score (nSPS) is 10.6. The first-order valence-corrected chi connectivity index (χ1v) is 8.06. The molecule has 2 aromatic rings. The zero-order valence-electron chi connectivity index (χ0n) is 13.0. The Morgan fingerprint density at radius 2 is 1.72 bits per heavy atom. The van der Waals surface area contributed by atoms with Gasteiger partial charge in [-0.1, -0.05) is 53.5 Å². The fourth-order valence-corrected chi connectivity index (χ4v) is 2.43. The van der Waals surface area contributed by atoms with Crippen molar-refractivity contribution in [2.24, 2.45) is 5.10 Å². The Balaban J connectivity index is 1.80. The number of phenols is 1. The lowest BCUT2D eigenvalue weighted by molar-refractivity contribution is -0.139. The first kappa shape index (κ1) is 18.8. The molecule has 6 nitrogen and oxygen atoms in total. The predicted octanol–water partition coefficient (Wildman–Crippen LogP) is 2.51. The molecule has 8 heteroatoms. The van der Waals surface area contributed by atoms with E-state index in [0.29, 0.717) is 18.5 Å². The third-order valence-electron chi connectivity index (χ3n) is 3.17. The highest BCUT2D eigenvalue weighted by Gasteiger charge is 2.11. The second-order valence-electron chi connectivity index (χ2n) is 5.02. The number of carbonyl (C=O) groups excluding carboxylic acids is 2. The molecule has 0 spiro atoms. The summed E-state index contributed by atoms with van der Waals surface area (Å²) in [6.45, 7) is 0.336. The highest BCUT2D eigenvalue weighted by atomic mass is 35.5. The van der Waals surface area contributed by atoms with Crippen molar-refractivity contribution in [1.82, 2.24) is 10.7 Å². The molecule has 3 N–H and O–H groups in total. The summed E-state index contributed by atoms with van der Waals surface area (Å²) in [6, 6.07) is 12.4. The average Bonchev–Trinajstić information content (AvgIpc) is 2.60. The van der Waals surface area contributed by atoms with Gasteiger partial charge >= 0.3 is 11.8 Å². The van der Waals surface area contributed by atoms with Crippen LogP contribution < -0.4 is 10.7 Å². The van der Waals surface area contributed by atoms with Crippen molar-refractivity contribution in [3.8, 4) is 5.75 Å². The molecule has 2 aromatic carbocycles. The summed E-state index contributed by atoms with van der Waals surface area (Å²) in [5, 5.41) is 15.7. The van der Waals surface area contributed by atoms with Crippen LogP contribution >= 0.6 is 23.2 Å². The van der Waals surface area contributed by atoms with Crippen LogP contribution in [-0.4, -0.2) is 29.7 Å². The standard InChI is InChI=1S/C17H15Cl2N3O3/c18-13-8-12(9-14(19)15(13)23)10-21-22-17(25)16(24)20-7-6-11-4-2-1-3-5-11/h1-5,8-10,23H,6-7H2,(H,20,24)(H,22,25)/b21-10+. The van der Waals surface area contributed by atoms with Gasteiger partial charge in [0.15, 0.2) is 5.75 Å². The number of benzene rings is 2. The van der Waals surface area contributed by atoms with Gasteiger partial charge in [-0.3, -0.25) is 9.59 Å². The maximum Gasteiger partial charge on any atom is 0.329 e. The van der Waals surface area contributed by atoms with E-state index in [-0.39, 0.29) is 15.8 Å². The Bertz CT molecular complexity index is 772. The first-order chi connectivity index (χ1) is 12.0. The number of amides is 2. The molecule has 0 saturated heterocycles. The Morgan fingerprint density at radius 3 is 2.36 bits per heavy atom. The van der Waals surface area contributed by atoms with Crippen LogP contribution in [0.1, 0.15) is 11.1 Å². The summed E-state index contributed by atoms with van der Waals surface area (Å²) in [6.07, 6.45) is 1.87. The van der Waals surface area contributed by atoms with Gasteiger partial charge in [0.2, 0.25) is 0 Å². The molecule has 0 atom stereocenters. The molecule has 0 heterocycles. The summed E-state index contributed by atoms with van der Waals surface area (Å²) in [5.74, 6) is -1.91. The number of rotatable bonds is 5. The van der Waals surface area contributed by atoms with Crippen molar-refractivity contribution >= 4 is 41.2 Å². The molecule has 0 fully saturated rings. The highest BCUT2D eigenvalue weighted by Crippen LogP contribution is 2.32. The number of hydrogen-bond donors (Lipinski definition) is 3. The number of carbonyl (C=O) groups is 2. The fourth-order valence-electron chi connectivity index (χ4n) is 1.92. The molecule has 0 saturated carbocycles. The van der Waals surface area contributed by atoms with E-state index < -0.39 is 11.8 Å². The minimum Gasteiger partial charge on any atom is -0.505 e. The molecule has 0 bridgehead atoms. The van der Waals surface area contributed by atoms with Crippen molar-refractivity contribution < 1.29 is 14.7 Å². The van der Waals surface area contributed by atoms with Gasteiger partial charge in [0.05, 0.1) is 16.3 Å². The van der Waals surface area contributed by atoms with E-state index in [1.165, 1.54) is 18.3 Å². The van der Waals surface area contributed by atoms with Gasteiger partial charge in [0.25, 0.3) is 0 Å². The fraction of sp³-hybridized carbons (Fsp3) is 0.118. The van der Waals surface area contributed by atoms with Crippen LogP contribution in [0, 0.1) is 0 Å². The molecule has 0 aromatic heterocycles. The summed E-state index contributed by atoms with van der Waals surface area (Å²) < 4.78 is 0. The van der Waals surface area contributed by atoms with Crippen molar-refractivity contribution in [3.63, 3.8) is 0 Å². The van der Waals surface area contributed by atoms with E-state index in [9.17, 15) is 14.7 Å². The Kier molecular flexibility index (Phi) is 6.80. The quantitative estimate of drug-likeness (QED) is 0.423. The number of hydrazone groups is 1. The third kappa shape index (κ3) is 5.77. The number of aromatic hydroxyl groups is 1. The summed E-state index contributed by atoms with van der Waals surface area (Å²) in [7, 11) is 0. The van der Waals surface area contributed by atoms with Gasteiger partial charge in [0.1, 0.15) is 0 Å². The minimum atomic E-state index is -0.889. The molecule has 2 amide bonds. The number of nitrogens with zero attached hydrogens (tertiary/aromatic N) is 1. The molecule has 0 radical (unpaired) electrons. The van der Waals surface area contributed by atoms with Gasteiger partial charge in [-0.15, -0.1) is 0 Å². The monoisotopic (exact) mass is 379 g/mol. The van der Waals surface area contributed by atoms with Gasteiger partial charge in [-0.05, 0) is 29.7 Å². The molecule has 0 aliphatic carbocycles. The number of halogens is 2. The zero-order valence-corrected chi connectivity index (χ0v) is 14.5. The zero-order chi connectivity index (χ0) is 18.2. The topological polar surface area (TPSA) is 90.8 Å². The van der Waals surface area contributed by atoms with Crippen molar-refractivity contribution in [3.05, 3.63) is 63.6 Å². The Hall–Kier alpha value is -2.57. The molecular weight excluding hydrogens is 365 g/mol. The summed E-state index contributed by atoms with van der Waals surface area (Å²) in [5.41, 5.74) is 3.62. The second kappa shape index (κ2) is 9.05. The minimum absolute atomic E-state index is 0.0546. The molecule has 130 valence electrons. The van der Waals surface area contributed by atoms with E-state index in [2.05, 4.69) is 15.8 Å². The van der Waals surface area contributed by atoms with Crippen LogP contribution in [0.15, 0.2) is 47.6 Å².